The van der Waals surface area contributed by atoms with Crippen molar-refractivity contribution in [2.75, 3.05) is 0 Å². The minimum absolute atomic E-state index is 0.111. The number of carbonyl (C=O) groups is 2. The Morgan fingerprint density at radius 1 is 1.04 bits per heavy atom. The Kier molecular flexibility index (Phi) is 5.50. The minimum Gasteiger partial charge on any atom is -0.352 e. The number of hydrogen-bond acceptors (Lipinski definition) is 2. The van der Waals surface area contributed by atoms with Gasteiger partial charge < -0.3 is 10.6 Å². The van der Waals surface area contributed by atoms with Gasteiger partial charge in [0.1, 0.15) is 6.04 Å². The second-order valence-corrected chi connectivity index (χ2v) is 7.25. The molecule has 2 aromatic carbocycles. The third kappa shape index (κ3) is 4.80. The van der Waals surface area contributed by atoms with Crippen molar-refractivity contribution < 1.29 is 9.59 Å². The van der Waals surface area contributed by atoms with Gasteiger partial charge in [0, 0.05) is 21.6 Å². The van der Waals surface area contributed by atoms with Crippen LogP contribution >= 0.6 is 22.6 Å². The molecule has 2 aromatic rings. The molecule has 4 nitrogen and oxygen atoms in total. The van der Waals surface area contributed by atoms with Gasteiger partial charge >= 0.3 is 0 Å². The average Bonchev–Trinajstić information content (AvgIpc) is 3.39. The van der Waals surface area contributed by atoms with E-state index in [0.29, 0.717) is 12.0 Å². The maximum atomic E-state index is 12.5. The topological polar surface area (TPSA) is 58.2 Å². The first-order valence-corrected chi connectivity index (χ1v) is 9.10. The highest BCUT2D eigenvalue weighted by molar-refractivity contribution is 14.1. The maximum absolute atomic E-state index is 12.5. The van der Waals surface area contributed by atoms with E-state index in [0.717, 1.165) is 22.0 Å². The zero-order valence-electron chi connectivity index (χ0n) is 13.2. The van der Waals surface area contributed by atoms with E-state index in [1.165, 1.54) is 0 Å². The third-order valence-corrected chi connectivity index (χ3v) is 4.65. The number of nitrogens with one attached hydrogen (secondary N) is 2. The van der Waals surface area contributed by atoms with Crippen LogP contribution < -0.4 is 10.6 Å². The van der Waals surface area contributed by atoms with Crippen LogP contribution in [-0.2, 0) is 11.2 Å². The Balaban J connectivity index is 1.71. The van der Waals surface area contributed by atoms with Crippen LogP contribution in [0.3, 0.4) is 0 Å². The van der Waals surface area contributed by atoms with Gasteiger partial charge in [0.05, 0.1) is 0 Å². The highest BCUT2D eigenvalue weighted by atomic mass is 127. The van der Waals surface area contributed by atoms with Crippen molar-refractivity contribution >= 4 is 34.4 Å². The SMILES string of the molecule is O=C(NC(Cc1ccccc1)C(=O)NC1CC1)c1ccc(I)cc1. The van der Waals surface area contributed by atoms with Crippen molar-refractivity contribution in [2.45, 2.75) is 31.3 Å². The second kappa shape index (κ2) is 7.79. The Labute approximate surface area is 155 Å². The van der Waals surface area contributed by atoms with Gasteiger partial charge in [-0.1, -0.05) is 30.3 Å². The van der Waals surface area contributed by atoms with Gasteiger partial charge in [-0.25, -0.2) is 0 Å². The van der Waals surface area contributed by atoms with Crippen LogP contribution in [0.2, 0.25) is 0 Å². The van der Waals surface area contributed by atoms with Crippen molar-refractivity contribution in [2.24, 2.45) is 0 Å². The fourth-order valence-corrected chi connectivity index (χ4v) is 2.79. The molecule has 0 aromatic heterocycles. The first-order chi connectivity index (χ1) is 11.6. The van der Waals surface area contributed by atoms with Crippen molar-refractivity contribution in [3.63, 3.8) is 0 Å². The van der Waals surface area contributed by atoms with E-state index in [-0.39, 0.29) is 17.9 Å². The lowest BCUT2D eigenvalue weighted by atomic mass is 10.0. The number of rotatable bonds is 6. The van der Waals surface area contributed by atoms with Crippen LogP contribution in [0.15, 0.2) is 54.6 Å². The van der Waals surface area contributed by atoms with Crippen LogP contribution in [0.25, 0.3) is 0 Å². The Morgan fingerprint density at radius 2 is 1.71 bits per heavy atom. The van der Waals surface area contributed by atoms with Gasteiger partial charge in [-0.2, -0.15) is 0 Å². The predicted octanol–water partition coefficient (Wildman–Crippen LogP) is 2.91. The minimum atomic E-state index is -0.570. The van der Waals surface area contributed by atoms with Gasteiger partial charge in [0.15, 0.2) is 0 Å². The molecule has 1 fully saturated rings. The molecule has 1 atom stereocenters. The van der Waals surface area contributed by atoms with Gasteiger partial charge in [-0.15, -0.1) is 0 Å². The molecule has 0 radical (unpaired) electrons. The standard InChI is InChI=1S/C19H19IN2O2/c20-15-8-6-14(7-9-15)18(23)22-17(19(24)21-16-10-11-16)12-13-4-2-1-3-5-13/h1-9,16-17H,10-12H2,(H,21,24)(H,22,23). The molecule has 2 amide bonds. The largest absolute Gasteiger partial charge is 0.352 e. The summed E-state index contributed by atoms with van der Waals surface area (Å²) in [5, 5.41) is 5.87. The van der Waals surface area contributed by atoms with E-state index in [2.05, 4.69) is 33.2 Å². The van der Waals surface area contributed by atoms with Crippen LogP contribution in [0.5, 0.6) is 0 Å². The predicted molar refractivity (Wildman–Crippen MR) is 102 cm³/mol. The summed E-state index contributed by atoms with van der Waals surface area (Å²) in [7, 11) is 0. The molecule has 0 bridgehead atoms. The maximum Gasteiger partial charge on any atom is 0.251 e. The number of halogens is 1. The molecule has 0 heterocycles. The Hall–Kier alpha value is -1.89. The highest BCUT2D eigenvalue weighted by Crippen LogP contribution is 2.19. The van der Waals surface area contributed by atoms with Crippen LogP contribution in [-0.4, -0.2) is 23.9 Å². The molecule has 0 saturated heterocycles. The molecule has 1 saturated carbocycles. The van der Waals surface area contributed by atoms with E-state index in [4.69, 9.17) is 0 Å². The van der Waals surface area contributed by atoms with E-state index in [9.17, 15) is 9.59 Å². The molecule has 0 aliphatic heterocycles. The smallest absolute Gasteiger partial charge is 0.251 e. The molecule has 1 aliphatic carbocycles. The number of hydrogen-bond donors (Lipinski definition) is 2. The summed E-state index contributed by atoms with van der Waals surface area (Å²) >= 11 is 2.20. The fourth-order valence-electron chi connectivity index (χ4n) is 2.43. The number of amides is 2. The summed E-state index contributed by atoms with van der Waals surface area (Å²) < 4.78 is 1.07. The summed E-state index contributed by atoms with van der Waals surface area (Å²) in [6, 6.07) is 16.8. The molecule has 2 N–H and O–H groups in total. The molecule has 124 valence electrons. The molecule has 1 aliphatic rings. The van der Waals surface area contributed by atoms with Crippen LogP contribution in [0, 0.1) is 3.57 Å². The quantitative estimate of drug-likeness (QED) is 0.688. The average molecular weight is 434 g/mol. The van der Waals surface area contributed by atoms with Crippen LogP contribution in [0.1, 0.15) is 28.8 Å². The van der Waals surface area contributed by atoms with Crippen molar-refractivity contribution in [3.8, 4) is 0 Å². The van der Waals surface area contributed by atoms with Crippen molar-refractivity contribution in [3.05, 3.63) is 69.3 Å². The van der Waals surface area contributed by atoms with E-state index < -0.39 is 6.04 Å². The van der Waals surface area contributed by atoms with Gasteiger partial charge in [0.25, 0.3) is 5.91 Å². The first kappa shape index (κ1) is 17.0. The Bertz CT molecular complexity index is 712. The van der Waals surface area contributed by atoms with Gasteiger partial charge in [-0.05, 0) is 65.3 Å². The van der Waals surface area contributed by atoms with Crippen molar-refractivity contribution in [1.29, 1.82) is 0 Å². The second-order valence-electron chi connectivity index (χ2n) is 6.01. The van der Waals surface area contributed by atoms with E-state index >= 15 is 0 Å². The lowest BCUT2D eigenvalue weighted by Gasteiger charge is -2.18. The lowest BCUT2D eigenvalue weighted by molar-refractivity contribution is -0.123. The zero-order chi connectivity index (χ0) is 16.9. The van der Waals surface area contributed by atoms with E-state index in [1.807, 2.05) is 42.5 Å². The molecule has 0 spiro atoms. The highest BCUT2D eigenvalue weighted by Gasteiger charge is 2.28. The normalized spacial score (nSPS) is 14.7. The monoisotopic (exact) mass is 434 g/mol. The fraction of sp³-hybridized carbons (Fsp3) is 0.263. The summed E-state index contributed by atoms with van der Waals surface area (Å²) in [6.07, 6.45) is 2.53. The summed E-state index contributed by atoms with van der Waals surface area (Å²) in [5.74, 6) is -0.335. The van der Waals surface area contributed by atoms with Gasteiger partial charge in [-0.3, -0.25) is 9.59 Å². The third-order valence-electron chi connectivity index (χ3n) is 3.93. The molecular weight excluding hydrogens is 415 g/mol. The molecule has 24 heavy (non-hydrogen) atoms. The zero-order valence-corrected chi connectivity index (χ0v) is 15.3. The first-order valence-electron chi connectivity index (χ1n) is 8.02. The summed E-state index contributed by atoms with van der Waals surface area (Å²) in [4.78, 5) is 25.0. The van der Waals surface area contributed by atoms with Crippen LogP contribution in [0.4, 0.5) is 0 Å². The molecule has 3 rings (SSSR count). The lowest BCUT2D eigenvalue weighted by Crippen LogP contribution is -2.48. The van der Waals surface area contributed by atoms with E-state index in [1.54, 1.807) is 12.1 Å². The summed E-state index contributed by atoms with van der Waals surface area (Å²) in [6.45, 7) is 0. The molecule has 1 unspecified atom stereocenters. The van der Waals surface area contributed by atoms with Gasteiger partial charge in [0.2, 0.25) is 5.91 Å². The summed E-state index contributed by atoms with van der Waals surface area (Å²) in [5.41, 5.74) is 1.59. The molecule has 5 heteroatoms. The Morgan fingerprint density at radius 3 is 2.33 bits per heavy atom. The molecular formula is C19H19IN2O2. The van der Waals surface area contributed by atoms with Crippen molar-refractivity contribution in [1.82, 2.24) is 10.6 Å². The number of carbonyl (C=O) groups excluding carboxylic acids is 2. The number of benzene rings is 2.